The number of rotatable bonds is 6. The molecule has 3 aromatic rings. The summed E-state index contributed by atoms with van der Waals surface area (Å²) in [6.07, 6.45) is -0.0441. The van der Waals surface area contributed by atoms with Crippen LogP contribution in [0.1, 0.15) is 18.0 Å². The van der Waals surface area contributed by atoms with Gasteiger partial charge in [-0.1, -0.05) is 59.8 Å². The molecule has 0 saturated carbocycles. The predicted molar refractivity (Wildman–Crippen MR) is 108 cm³/mol. The van der Waals surface area contributed by atoms with Gasteiger partial charge in [-0.15, -0.1) is 5.10 Å². The van der Waals surface area contributed by atoms with Gasteiger partial charge in [0.1, 0.15) is 6.04 Å². The van der Waals surface area contributed by atoms with E-state index in [1.54, 1.807) is 24.3 Å². The molecule has 0 saturated heterocycles. The van der Waals surface area contributed by atoms with Crippen molar-refractivity contribution in [2.75, 3.05) is 10.6 Å². The van der Waals surface area contributed by atoms with Crippen LogP contribution in [-0.4, -0.2) is 26.6 Å². The van der Waals surface area contributed by atoms with Crippen LogP contribution in [0.5, 0.6) is 0 Å². The third-order valence-electron chi connectivity index (χ3n) is 4.14. The van der Waals surface area contributed by atoms with Crippen LogP contribution in [0.2, 0.25) is 5.02 Å². The van der Waals surface area contributed by atoms with Gasteiger partial charge in [-0.25, -0.2) is 4.68 Å². The molecule has 0 spiro atoms. The van der Waals surface area contributed by atoms with Crippen molar-refractivity contribution in [2.24, 2.45) is 0 Å². The Labute approximate surface area is 170 Å². The monoisotopic (exact) mass is 413 g/mol. The standard InChI is InChI=1S/C19H16ClN5O2S/c20-13-7-4-8-14(9-13)21-16(26)10-15-17(27)22-18-23-19(24-25(15)18)28-11-12-5-2-1-3-6-12/h1-9,15H,10-11H2,(H,21,26)(H,22,23,24,27)/t15-/m0/s1. The van der Waals surface area contributed by atoms with Crippen LogP contribution in [0.25, 0.3) is 0 Å². The molecule has 0 bridgehead atoms. The van der Waals surface area contributed by atoms with Crippen LogP contribution < -0.4 is 10.6 Å². The molecule has 1 aromatic heterocycles. The summed E-state index contributed by atoms with van der Waals surface area (Å²) < 4.78 is 1.48. The molecule has 142 valence electrons. The van der Waals surface area contributed by atoms with Crippen LogP contribution in [0.3, 0.4) is 0 Å². The van der Waals surface area contributed by atoms with Gasteiger partial charge in [-0.3, -0.25) is 14.9 Å². The zero-order valence-electron chi connectivity index (χ0n) is 14.6. The highest BCUT2D eigenvalue weighted by Crippen LogP contribution is 2.29. The summed E-state index contributed by atoms with van der Waals surface area (Å²) in [5.74, 6) is 0.485. The molecular formula is C19H16ClN5O2S. The highest BCUT2D eigenvalue weighted by atomic mass is 35.5. The average molecular weight is 414 g/mol. The third kappa shape index (κ3) is 4.18. The lowest BCUT2D eigenvalue weighted by Crippen LogP contribution is -2.23. The summed E-state index contributed by atoms with van der Waals surface area (Å²) in [6.45, 7) is 0. The highest BCUT2D eigenvalue weighted by molar-refractivity contribution is 7.98. The van der Waals surface area contributed by atoms with E-state index in [4.69, 9.17) is 11.6 Å². The minimum absolute atomic E-state index is 0.0441. The van der Waals surface area contributed by atoms with Gasteiger partial charge in [0.15, 0.2) is 0 Å². The van der Waals surface area contributed by atoms with Gasteiger partial charge in [-0.05, 0) is 23.8 Å². The molecule has 2 N–H and O–H groups in total. The fraction of sp³-hybridized carbons (Fsp3) is 0.158. The quantitative estimate of drug-likeness (QED) is 0.601. The Hall–Kier alpha value is -2.84. The number of nitrogens with zero attached hydrogens (tertiary/aromatic N) is 3. The van der Waals surface area contributed by atoms with Gasteiger partial charge in [0.05, 0.1) is 6.42 Å². The molecule has 28 heavy (non-hydrogen) atoms. The summed E-state index contributed by atoms with van der Waals surface area (Å²) >= 11 is 7.40. The molecular weight excluding hydrogens is 398 g/mol. The van der Waals surface area contributed by atoms with Gasteiger partial charge < -0.3 is 5.32 Å². The molecule has 0 unspecified atom stereocenters. The van der Waals surface area contributed by atoms with E-state index >= 15 is 0 Å². The first-order valence-corrected chi connectivity index (χ1v) is 9.94. The zero-order valence-corrected chi connectivity index (χ0v) is 16.2. The maximum atomic E-state index is 12.4. The number of thioether (sulfide) groups is 1. The molecule has 0 aliphatic carbocycles. The molecule has 7 nitrogen and oxygen atoms in total. The first kappa shape index (κ1) is 18.5. The lowest BCUT2D eigenvalue weighted by Gasteiger charge is -2.10. The molecule has 1 aliphatic heterocycles. The SMILES string of the molecule is O=C(C[C@H]1C(=O)Nc2nc(SCc3ccccc3)nn21)Nc1cccc(Cl)c1. The van der Waals surface area contributed by atoms with Crippen molar-refractivity contribution in [1.29, 1.82) is 0 Å². The maximum absolute atomic E-state index is 12.4. The molecule has 2 heterocycles. The van der Waals surface area contributed by atoms with Gasteiger partial charge in [0.25, 0.3) is 5.91 Å². The summed E-state index contributed by atoms with van der Waals surface area (Å²) in [5, 5.41) is 10.9. The molecule has 2 aromatic carbocycles. The molecule has 4 rings (SSSR count). The van der Waals surface area contributed by atoms with E-state index in [0.717, 1.165) is 11.3 Å². The summed E-state index contributed by atoms with van der Waals surface area (Å²) in [7, 11) is 0. The topological polar surface area (TPSA) is 88.9 Å². The normalized spacial score (nSPS) is 15.2. The van der Waals surface area contributed by atoms with Crippen molar-refractivity contribution < 1.29 is 9.59 Å². The molecule has 1 aliphatic rings. The molecule has 0 fully saturated rings. The fourth-order valence-electron chi connectivity index (χ4n) is 2.83. The van der Waals surface area contributed by atoms with E-state index in [-0.39, 0.29) is 18.2 Å². The van der Waals surface area contributed by atoms with E-state index in [2.05, 4.69) is 20.7 Å². The smallest absolute Gasteiger partial charge is 0.252 e. The van der Waals surface area contributed by atoms with Crippen molar-refractivity contribution in [3.63, 3.8) is 0 Å². The van der Waals surface area contributed by atoms with Crippen molar-refractivity contribution >= 4 is 46.8 Å². The second-order valence-electron chi connectivity index (χ2n) is 6.20. The Bertz CT molecular complexity index is 1020. The molecule has 0 radical (unpaired) electrons. The first-order chi connectivity index (χ1) is 13.6. The molecule has 1 atom stereocenters. The van der Waals surface area contributed by atoms with Gasteiger partial charge in [-0.2, -0.15) is 4.98 Å². The number of carbonyl (C=O) groups is 2. The number of hydrogen-bond donors (Lipinski definition) is 2. The molecule has 9 heteroatoms. The minimum atomic E-state index is -0.729. The third-order valence-corrected chi connectivity index (χ3v) is 5.29. The maximum Gasteiger partial charge on any atom is 0.252 e. The van der Waals surface area contributed by atoms with E-state index in [1.165, 1.54) is 16.4 Å². The minimum Gasteiger partial charge on any atom is -0.326 e. The van der Waals surface area contributed by atoms with Gasteiger partial charge >= 0.3 is 0 Å². The number of halogens is 1. The lowest BCUT2D eigenvalue weighted by molar-refractivity contribution is -0.123. The van der Waals surface area contributed by atoms with Crippen LogP contribution in [0, 0.1) is 0 Å². The first-order valence-electron chi connectivity index (χ1n) is 8.58. The Balaban J connectivity index is 1.41. The number of carbonyl (C=O) groups excluding carboxylic acids is 2. The van der Waals surface area contributed by atoms with Gasteiger partial charge in [0.2, 0.25) is 17.0 Å². The number of nitrogens with one attached hydrogen (secondary N) is 2. The van der Waals surface area contributed by atoms with Crippen LogP contribution >= 0.6 is 23.4 Å². The van der Waals surface area contributed by atoms with E-state index in [1.807, 2.05) is 30.3 Å². The van der Waals surface area contributed by atoms with Gasteiger partial charge in [0, 0.05) is 16.5 Å². The van der Waals surface area contributed by atoms with Crippen molar-refractivity contribution in [2.45, 2.75) is 23.4 Å². The predicted octanol–water partition coefficient (Wildman–Crippen LogP) is 3.75. The van der Waals surface area contributed by atoms with Crippen LogP contribution in [0.15, 0.2) is 59.8 Å². The lowest BCUT2D eigenvalue weighted by atomic mass is 10.2. The number of fused-ring (bicyclic) bond motifs is 1. The average Bonchev–Trinajstić information content (AvgIpc) is 3.19. The largest absolute Gasteiger partial charge is 0.326 e. The Morgan fingerprint density at radius 2 is 2.04 bits per heavy atom. The number of hydrogen-bond acceptors (Lipinski definition) is 5. The van der Waals surface area contributed by atoms with Crippen LogP contribution in [-0.2, 0) is 15.3 Å². The zero-order chi connectivity index (χ0) is 19.5. The number of amides is 2. The van der Waals surface area contributed by atoms with E-state index in [9.17, 15) is 9.59 Å². The second kappa shape index (κ2) is 8.04. The number of aromatic nitrogens is 3. The van der Waals surface area contributed by atoms with Crippen LogP contribution in [0.4, 0.5) is 11.6 Å². The Morgan fingerprint density at radius 3 is 2.82 bits per heavy atom. The van der Waals surface area contributed by atoms with E-state index < -0.39 is 6.04 Å². The second-order valence-corrected chi connectivity index (χ2v) is 7.58. The Morgan fingerprint density at radius 1 is 1.21 bits per heavy atom. The molecule has 2 amide bonds. The number of benzene rings is 2. The summed E-state index contributed by atoms with van der Waals surface area (Å²) in [5.41, 5.74) is 1.73. The fourth-order valence-corrected chi connectivity index (χ4v) is 3.80. The summed E-state index contributed by atoms with van der Waals surface area (Å²) in [4.78, 5) is 28.9. The highest BCUT2D eigenvalue weighted by Gasteiger charge is 2.35. The number of anilines is 2. The van der Waals surface area contributed by atoms with Crippen molar-refractivity contribution in [3.05, 3.63) is 65.2 Å². The Kier molecular flexibility index (Phi) is 5.31. The summed E-state index contributed by atoms with van der Waals surface area (Å²) in [6, 6.07) is 16.1. The van der Waals surface area contributed by atoms with Crippen molar-refractivity contribution in [1.82, 2.24) is 14.8 Å². The van der Waals surface area contributed by atoms with Crippen molar-refractivity contribution in [3.8, 4) is 0 Å². The van der Waals surface area contributed by atoms with E-state index in [0.29, 0.717) is 21.8 Å².